The number of nitrogens with two attached hydrogens (primary N) is 1. The van der Waals surface area contributed by atoms with Gasteiger partial charge in [0.1, 0.15) is 0 Å². The van der Waals surface area contributed by atoms with Crippen LogP contribution in [0, 0.1) is 18.8 Å². The fraction of sp³-hybridized carbons (Fsp3) is 0.0526. The van der Waals surface area contributed by atoms with Gasteiger partial charge in [0.05, 0.1) is 11.2 Å². The highest BCUT2D eigenvalue weighted by Crippen LogP contribution is 2.45. The van der Waals surface area contributed by atoms with Crippen LogP contribution in [0.2, 0.25) is 0 Å². The Kier molecular flexibility index (Phi) is 8.37. The van der Waals surface area contributed by atoms with Crippen molar-refractivity contribution in [3.63, 3.8) is 0 Å². The summed E-state index contributed by atoms with van der Waals surface area (Å²) < 4.78 is 2.30. The molecule has 0 fully saturated rings. The second-order valence-corrected chi connectivity index (χ2v) is 15.9. The molecule has 0 saturated carbocycles. The van der Waals surface area contributed by atoms with Gasteiger partial charge in [0.2, 0.25) is 0 Å². The van der Waals surface area contributed by atoms with E-state index in [2.05, 4.69) is 212 Å². The van der Waals surface area contributed by atoms with Crippen LogP contribution in [0.15, 0.2) is 206 Å². The fourth-order valence-corrected chi connectivity index (χ4v) is 9.65. The van der Waals surface area contributed by atoms with Gasteiger partial charge in [-0.2, -0.15) is 0 Å². The second-order valence-electron chi connectivity index (χ2n) is 15.9. The van der Waals surface area contributed by atoms with Crippen molar-refractivity contribution < 1.29 is 0 Å². The molecule has 2 heteroatoms. The first kappa shape index (κ1) is 34.8. The van der Waals surface area contributed by atoms with E-state index in [9.17, 15) is 0 Å². The van der Waals surface area contributed by atoms with E-state index in [0.29, 0.717) is 0 Å². The number of hydrogen-bond donors (Lipinski definition) is 1. The number of para-hydroxylation sites is 1. The Morgan fingerprint density at radius 3 is 1.73 bits per heavy atom. The summed E-state index contributed by atoms with van der Waals surface area (Å²) in [6.07, 6.45) is 18.1. The topological polar surface area (TPSA) is 30.9 Å². The molecular weight excluding hydrogens is 713 g/mol. The zero-order chi connectivity index (χ0) is 39.5. The van der Waals surface area contributed by atoms with Gasteiger partial charge in [-0.25, -0.2) is 0 Å². The molecule has 0 saturated heterocycles. The minimum Gasteiger partial charge on any atom is -0.405 e. The number of allylic oxidation sites excluding steroid dienone is 8. The highest BCUT2D eigenvalue weighted by Gasteiger charge is 2.25. The molecule has 1 heterocycles. The predicted octanol–water partition coefficient (Wildman–Crippen LogP) is 14.5. The highest BCUT2D eigenvalue weighted by molar-refractivity contribution is 6.19. The van der Waals surface area contributed by atoms with E-state index in [1.54, 1.807) is 6.20 Å². The predicted molar refractivity (Wildman–Crippen MR) is 252 cm³/mol. The zero-order valence-corrected chi connectivity index (χ0v) is 32.9. The van der Waals surface area contributed by atoms with E-state index >= 15 is 0 Å². The number of nitrogens with zero attached hydrogens (tertiary/aromatic N) is 1. The summed E-state index contributed by atoms with van der Waals surface area (Å²) in [6.45, 7) is 2.20. The number of fused-ring (bicyclic) bond motifs is 5. The van der Waals surface area contributed by atoms with E-state index in [-0.39, 0.29) is 11.8 Å². The van der Waals surface area contributed by atoms with Crippen molar-refractivity contribution in [2.24, 2.45) is 17.6 Å². The molecule has 2 atom stereocenters. The molecule has 0 spiro atoms. The molecule has 8 aromatic carbocycles. The molecule has 2 nitrogen and oxygen atoms in total. The summed E-state index contributed by atoms with van der Waals surface area (Å²) >= 11 is 0. The molecule has 0 aliphatic heterocycles. The van der Waals surface area contributed by atoms with Crippen LogP contribution in [0.25, 0.3) is 88.4 Å². The molecule has 0 radical (unpaired) electrons. The van der Waals surface area contributed by atoms with Gasteiger partial charge in [-0.05, 0) is 132 Å². The summed E-state index contributed by atoms with van der Waals surface area (Å²) in [6, 6.07) is 59.8. The molecule has 9 aromatic rings. The third-order valence-electron chi connectivity index (χ3n) is 12.5. The van der Waals surface area contributed by atoms with Gasteiger partial charge in [-0.15, -0.1) is 0 Å². The van der Waals surface area contributed by atoms with E-state index in [1.807, 2.05) is 6.08 Å². The summed E-state index contributed by atoms with van der Waals surface area (Å²) in [7, 11) is 0. The Morgan fingerprint density at radius 1 is 0.475 bits per heavy atom. The molecule has 280 valence electrons. The minimum atomic E-state index is 0.268. The number of aryl methyl sites for hydroxylation is 1. The van der Waals surface area contributed by atoms with Crippen molar-refractivity contribution in [2.75, 3.05) is 0 Å². The van der Waals surface area contributed by atoms with Crippen molar-refractivity contribution in [1.29, 1.82) is 0 Å². The standard InChI is InChI=1S/C57H42N2/c1-37-53-36-46(29-30-55(53)59(54(37)31-32-58)48-13-3-2-4-14-48)44-25-26-45-35-47(28-27-43(45)34-44)57-51-17-9-7-15-49(51)56(50-16-8-10-18-52(50)57)40-22-19-39(20-23-40)42-24-21-38-11-5-6-12-41(38)33-42/h2-36,43,45H,58H2,1H3/b32-31-. The van der Waals surface area contributed by atoms with E-state index in [1.165, 1.54) is 93.3 Å². The lowest BCUT2D eigenvalue weighted by molar-refractivity contribution is 0.665. The smallest absolute Gasteiger partial charge is 0.0538 e. The lowest BCUT2D eigenvalue weighted by atomic mass is 9.77. The van der Waals surface area contributed by atoms with Crippen molar-refractivity contribution in [2.45, 2.75) is 6.92 Å². The summed E-state index contributed by atoms with van der Waals surface area (Å²) in [4.78, 5) is 0. The van der Waals surface area contributed by atoms with Gasteiger partial charge in [0.15, 0.2) is 0 Å². The Hall–Kier alpha value is -7.42. The fourth-order valence-electron chi connectivity index (χ4n) is 9.65. The largest absolute Gasteiger partial charge is 0.405 e. The SMILES string of the molecule is Cc1c(/C=C\N)n(-c2ccccc2)c2ccc(C3=CC4C=CC(c5c6ccccc6c(-c6ccc(-c7ccc8ccccc8c7)cc6)c6ccccc56)=CC4C=C3)cc12. The second kappa shape index (κ2) is 14.2. The van der Waals surface area contributed by atoms with Crippen LogP contribution in [0.5, 0.6) is 0 Å². The van der Waals surface area contributed by atoms with Crippen LogP contribution in [0.1, 0.15) is 22.4 Å². The molecule has 1 aromatic heterocycles. The highest BCUT2D eigenvalue weighted by atomic mass is 15.0. The average Bonchev–Trinajstić information content (AvgIpc) is 3.57. The molecule has 2 aliphatic carbocycles. The van der Waals surface area contributed by atoms with Crippen LogP contribution in [0.4, 0.5) is 0 Å². The number of aromatic nitrogens is 1. The van der Waals surface area contributed by atoms with E-state index < -0.39 is 0 Å². The van der Waals surface area contributed by atoms with Crippen LogP contribution in [0.3, 0.4) is 0 Å². The summed E-state index contributed by atoms with van der Waals surface area (Å²) in [5, 5.41) is 8.86. The van der Waals surface area contributed by atoms with Crippen molar-refractivity contribution in [3.05, 3.63) is 229 Å². The average molecular weight is 755 g/mol. The molecule has 2 N–H and O–H groups in total. The van der Waals surface area contributed by atoms with Gasteiger partial charge in [0.25, 0.3) is 0 Å². The Labute approximate surface area is 344 Å². The van der Waals surface area contributed by atoms with Gasteiger partial charge in [0, 0.05) is 22.9 Å². The van der Waals surface area contributed by atoms with Crippen molar-refractivity contribution in [3.8, 4) is 27.9 Å². The molecule has 2 aliphatic rings. The molecular formula is C57H42N2. The number of rotatable bonds is 6. The maximum Gasteiger partial charge on any atom is 0.0538 e. The Bertz CT molecular complexity index is 3220. The first-order chi connectivity index (χ1) is 29.1. The maximum absolute atomic E-state index is 5.95. The van der Waals surface area contributed by atoms with Crippen LogP contribution >= 0.6 is 0 Å². The van der Waals surface area contributed by atoms with Crippen LogP contribution in [-0.4, -0.2) is 4.57 Å². The molecule has 11 rings (SSSR count). The van der Waals surface area contributed by atoms with E-state index in [4.69, 9.17) is 5.73 Å². The van der Waals surface area contributed by atoms with Crippen molar-refractivity contribution in [1.82, 2.24) is 4.57 Å². The first-order valence-electron chi connectivity index (χ1n) is 20.6. The number of hydrogen-bond acceptors (Lipinski definition) is 1. The van der Waals surface area contributed by atoms with Crippen LogP contribution in [-0.2, 0) is 0 Å². The van der Waals surface area contributed by atoms with Gasteiger partial charge in [-0.3, -0.25) is 0 Å². The monoisotopic (exact) mass is 754 g/mol. The summed E-state index contributed by atoms with van der Waals surface area (Å²) in [5.41, 5.74) is 20.6. The van der Waals surface area contributed by atoms with Gasteiger partial charge >= 0.3 is 0 Å². The maximum atomic E-state index is 5.95. The van der Waals surface area contributed by atoms with Crippen molar-refractivity contribution >= 4 is 60.4 Å². The number of benzene rings is 8. The van der Waals surface area contributed by atoms with Crippen LogP contribution < -0.4 is 5.73 Å². The lowest BCUT2D eigenvalue weighted by Crippen LogP contribution is -2.13. The minimum absolute atomic E-state index is 0.268. The first-order valence-corrected chi connectivity index (χ1v) is 20.6. The summed E-state index contributed by atoms with van der Waals surface area (Å²) in [5.74, 6) is 0.544. The van der Waals surface area contributed by atoms with Gasteiger partial charge in [-0.1, -0.05) is 170 Å². The Balaban J connectivity index is 0.946. The molecule has 2 unspecified atom stereocenters. The Morgan fingerprint density at radius 2 is 1.03 bits per heavy atom. The van der Waals surface area contributed by atoms with Gasteiger partial charge < -0.3 is 10.3 Å². The third-order valence-corrected chi connectivity index (χ3v) is 12.5. The molecule has 59 heavy (non-hydrogen) atoms. The molecule has 0 bridgehead atoms. The lowest BCUT2D eigenvalue weighted by Gasteiger charge is -2.27. The quantitative estimate of drug-likeness (QED) is 0.168. The third kappa shape index (κ3) is 5.87. The molecule has 0 amide bonds. The normalized spacial score (nSPS) is 16.3. The zero-order valence-electron chi connectivity index (χ0n) is 32.9. The van der Waals surface area contributed by atoms with E-state index in [0.717, 1.165) is 11.4 Å².